The average molecular weight is 344 g/mol. The predicted octanol–water partition coefficient (Wildman–Crippen LogP) is 2.54. The van der Waals surface area contributed by atoms with Gasteiger partial charge in [-0.25, -0.2) is 0 Å². The molecule has 1 aliphatic heterocycles. The lowest BCUT2D eigenvalue weighted by atomic mass is 10.1. The quantitative estimate of drug-likeness (QED) is 0.907. The van der Waals surface area contributed by atoms with Gasteiger partial charge in [-0.3, -0.25) is 14.6 Å². The highest BCUT2D eigenvalue weighted by Gasteiger charge is 2.36. The molecule has 2 amide bonds. The molecule has 0 spiro atoms. The number of hydrogen-bond acceptors (Lipinski definition) is 3. The largest absolute Gasteiger partial charge is 0.350 e. The van der Waals surface area contributed by atoms with Crippen molar-refractivity contribution < 1.29 is 9.59 Å². The van der Waals surface area contributed by atoms with E-state index in [-0.39, 0.29) is 11.8 Å². The minimum atomic E-state index is -0.453. The van der Waals surface area contributed by atoms with Crippen molar-refractivity contribution in [1.82, 2.24) is 15.2 Å². The Kier molecular flexibility index (Phi) is 5.11. The minimum absolute atomic E-state index is 0.0172. The van der Waals surface area contributed by atoms with Crippen LogP contribution in [0.2, 0.25) is 5.02 Å². The van der Waals surface area contributed by atoms with E-state index < -0.39 is 6.04 Å². The van der Waals surface area contributed by atoms with Gasteiger partial charge in [0.05, 0.1) is 0 Å². The summed E-state index contributed by atoms with van der Waals surface area (Å²) in [6.45, 7) is 0.751. The maximum absolute atomic E-state index is 12.5. The Morgan fingerprint density at radius 2 is 2.12 bits per heavy atom. The molecule has 3 rings (SSSR count). The summed E-state index contributed by atoms with van der Waals surface area (Å²) in [5, 5.41) is 3.49. The number of nitrogens with one attached hydrogen (secondary N) is 1. The van der Waals surface area contributed by atoms with Crippen molar-refractivity contribution in [3.63, 3.8) is 0 Å². The van der Waals surface area contributed by atoms with Crippen molar-refractivity contribution in [2.45, 2.75) is 32.0 Å². The van der Waals surface area contributed by atoms with Gasteiger partial charge in [0.15, 0.2) is 0 Å². The van der Waals surface area contributed by atoms with Gasteiger partial charge in [0.25, 0.3) is 0 Å². The summed E-state index contributed by atoms with van der Waals surface area (Å²) >= 11 is 6.17. The van der Waals surface area contributed by atoms with Crippen LogP contribution in [0.3, 0.4) is 0 Å². The Morgan fingerprint density at radius 3 is 2.88 bits per heavy atom. The molecule has 1 aromatic carbocycles. The maximum Gasteiger partial charge on any atom is 0.243 e. The van der Waals surface area contributed by atoms with Crippen LogP contribution >= 0.6 is 11.6 Å². The van der Waals surface area contributed by atoms with Crippen molar-refractivity contribution in [2.24, 2.45) is 0 Å². The van der Waals surface area contributed by atoms with Gasteiger partial charge in [0.2, 0.25) is 11.8 Å². The standard InChI is InChI=1S/C18H18ClN3O2/c19-15-6-2-1-5-14(15)12-22-16(7-8-17(22)23)18(24)21-11-13-4-3-9-20-10-13/h1-6,9-10,16H,7-8,11-12H2,(H,21,24). The molecule has 1 saturated heterocycles. The second kappa shape index (κ2) is 7.45. The van der Waals surface area contributed by atoms with E-state index in [0.717, 1.165) is 11.1 Å². The molecular formula is C18H18ClN3O2. The molecule has 0 aliphatic carbocycles. The van der Waals surface area contributed by atoms with Gasteiger partial charge >= 0.3 is 0 Å². The molecule has 0 saturated carbocycles. The first-order valence-corrected chi connectivity index (χ1v) is 8.22. The lowest BCUT2D eigenvalue weighted by Crippen LogP contribution is -2.44. The van der Waals surface area contributed by atoms with E-state index in [9.17, 15) is 9.59 Å². The molecule has 1 aromatic heterocycles. The first kappa shape index (κ1) is 16.5. The fraction of sp³-hybridized carbons (Fsp3) is 0.278. The number of benzene rings is 1. The van der Waals surface area contributed by atoms with E-state index in [4.69, 9.17) is 11.6 Å². The third-order valence-electron chi connectivity index (χ3n) is 4.12. The zero-order valence-electron chi connectivity index (χ0n) is 13.1. The third kappa shape index (κ3) is 3.74. The number of halogens is 1. The van der Waals surface area contributed by atoms with Crippen LogP contribution < -0.4 is 5.32 Å². The molecule has 5 nitrogen and oxygen atoms in total. The van der Waals surface area contributed by atoms with Crippen LogP contribution in [0.1, 0.15) is 24.0 Å². The van der Waals surface area contributed by atoms with Crippen LogP contribution in [0.4, 0.5) is 0 Å². The minimum Gasteiger partial charge on any atom is -0.350 e. The maximum atomic E-state index is 12.5. The van der Waals surface area contributed by atoms with E-state index in [1.54, 1.807) is 23.4 Å². The molecule has 1 unspecified atom stereocenters. The summed E-state index contributed by atoms with van der Waals surface area (Å²) < 4.78 is 0. The average Bonchev–Trinajstić information content (AvgIpc) is 2.96. The smallest absolute Gasteiger partial charge is 0.243 e. The van der Waals surface area contributed by atoms with Gasteiger partial charge in [-0.15, -0.1) is 0 Å². The monoisotopic (exact) mass is 343 g/mol. The summed E-state index contributed by atoms with van der Waals surface area (Å²) in [7, 11) is 0. The normalized spacial score (nSPS) is 17.1. The molecule has 1 N–H and O–H groups in total. The van der Waals surface area contributed by atoms with Crippen LogP contribution in [0.25, 0.3) is 0 Å². The fourth-order valence-corrected chi connectivity index (χ4v) is 3.02. The first-order chi connectivity index (χ1) is 11.6. The lowest BCUT2D eigenvalue weighted by molar-refractivity contribution is -0.135. The van der Waals surface area contributed by atoms with Gasteiger partial charge in [0, 0.05) is 36.9 Å². The summed E-state index contributed by atoms with van der Waals surface area (Å²) in [6.07, 6.45) is 4.31. The second-order valence-electron chi connectivity index (χ2n) is 5.75. The van der Waals surface area contributed by atoms with Gasteiger partial charge < -0.3 is 10.2 Å². The molecule has 0 radical (unpaired) electrons. The molecule has 124 valence electrons. The number of carbonyl (C=O) groups excluding carboxylic acids is 2. The molecule has 2 aromatic rings. The zero-order chi connectivity index (χ0) is 16.9. The van der Waals surface area contributed by atoms with Crippen LogP contribution in [0.15, 0.2) is 48.8 Å². The number of aromatic nitrogens is 1. The van der Waals surface area contributed by atoms with Crippen LogP contribution in [-0.4, -0.2) is 27.7 Å². The van der Waals surface area contributed by atoms with E-state index in [2.05, 4.69) is 10.3 Å². The van der Waals surface area contributed by atoms with Gasteiger partial charge in [0.1, 0.15) is 6.04 Å². The highest BCUT2D eigenvalue weighted by atomic mass is 35.5. The number of amides is 2. The highest BCUT2D eigenvalue weighted by molar-refractivity contribution is 6.31. The molecule has 1 fully saturated rings. The number of likely N-dealkylation sites (tertiary alicyclic amines) is 1. The second-order valence-corrected chi connectivity index (χ2v) is 6.15. The molecule has 24 heavy (non-hydrogen) atoms. The van der Waals surface area contributed by atoms with Crippen LogP contribution in [-0.2, 0) is 22.7 Å². The number of carbonyl (C=O) groups is 2. The van der Waals surface area contributed by atoms with Gasteiger partial charge in [-0.2, -0.15) is 0 Å². The molecule has 1 atom stereocenters. The Labute approximate surface area is 145 Å². The molecule has 6 heteroatoms. The molecule has 1 aliphatic rings. The summed E-state index contributed by atoms with van der Waals surface area (Å²) in [4.78, 5) is 30.3. The van der Waals surface area contributed by atoms with E-state index in [1.807, 2.05) is 30.3 Å². The SMILES string of the molecule is O=C(NCc1cccnc1)C1CCC(=O)N1Cc1ccccc1Cl. The van der Waals surface area contributed by atoms with Gasteiger partial charge in [-0.05, 0) is 29.7 Å². The number of pyridine rings is 1. The van der Waals surface area contributed by atoms with E-state index >= 15 is 0 Å². The van der Waals surface area contributed by atoms with Crippen LogP contribution in [0, 0.1) is 0 Å². The summed E-state index contributed by atoms with van der Waals surface area (Å²) in [5.74, 6) is -0.159. The Bertz CT molecular complexity index is 736. The molecule has 0 bridgehead atoms. The highest BCUT2D eigenvalue weighted by Crippen LogP contribution is 2.24. The Hall–Kier alpha value is -2.40. The van der Waals surface area contributed by atoms with E-state index in [0.29, 0.717) is 31.0 Å². The fourth-order valence-electron chi connectivity index (χ4n) is 2.82. The third-order valence-corrected chi connectivity index (χ3v) is 4.49. The van der Waals surface area contributed by atoms with Crippen molar-refractivity contribution in [2.75, 3.05) is 0 Å². The topological polar surface area (TPSA) is 62.3 Å². The molecular weight excluding hydrogens is 326 g/mol. The lowest BCUT2D eigenvalue weighted by Gasteiger charge is -2.24. The van der Waals surface area contributed by atoms with Crippen molar-refractivity contribution in [3.05, 3.63) is 64.9 Å². The predicted molar refractivity (Wildman–Crippen MR) is 91.1 cm³/mol. The summed E-state index contributed by atoms with van der Waals surface area (Å²) in [5.41, 5.74) is 1.77. The molecule has 2 heterocycles. The van der Waals surface area contributed by atoms with Crippen molar-refractivity contribution in [3.8, 4) is 0 Å². The van der Waals surface area contributed by atoms with Crippen molar-refractivity contribution in [1.29, 1.82) is 0 Å². The number of nitrogens with zero attached hydrogens (tertiary/aromatic N) is 2. The van der Waals surface area contributed by atoms with Crippen LogP contribution in [0.5, 0.6) is 0 Å². The van der Waals surface area contributed by atoms with E-state index in [1.165, 1.54) is 0 Å². The number of rotatable bonds is 5. The van der Waals surface area contributed by atoms with Gasteiger partial charge in [-0.1, -0.05) is 35.9 Å². The zero-order valence-corrected chi connectivity index (χ0v) is 13.9. The Morgan fingerprint density at radius 1 is 1.29 bits per heavy atom. The number of hydrogen-bond donors (Lipinski definition) is 1. The summed E-state index contributed by atoms with van der Waals surface area (Å²) in [6, 6.07) is 10.6. The Balaban J connectivity index is 1.66. The first-order valence-electron chi connectivity index (χ1n) is 7.84. The van der Waals surface area contributed by atoms with Crippen molar-refractivity contribution >= 4 is 23.4 Å².